The van der Waals surface area contributed by atoms with Crippen LogP contribution in [0.25, 0.3) is 0 Å². The molecule has 140 valence electrons. The highest BCUT2D eigenvalue weighted by atomic mass is 32.2. The molecule has 1 aliphatic rings. The van der Waals surface area contributed by atoms with Crippen molar-refractivity contribution >= 4 is 15.9 Å². The molecular weight excluding hydrogens is 356 g/mol. The second-order valence-corrected chi connectivity index (χ2v) is 8.20. The fourth-order valence-corrected chi connectivity index (χ4v) is 3.88. The van der Waals surface area contributed by atoms with E-state index >= 15 is 0 Å². The zero-order valence-electron chi connectivity index (χ0n) is 15.0. The van der Waals surface area contributed by atoms with Gasteiger partial charge >= 0.3 is 0 Å². The van der Waals surface area contributed by atoms with Gasteiger partial charge in [-0.1, -0.05) is 10.5 Å². The van der Waals surface area contributed by atoms with E-state index in [1.807, 2.05) is 13.0 Å². The Morgan fingerprint density at radius 2 is 2.00 bits per heavy atom. The monoisotopic (exact) mass is 378 g/mol. The average molecular weight is 378 g/mol. The van der Waals surface area contributed by atoms with Gasteiger partial charge in [-0.3, -0.25) is 9.63 Å². The van der Waals surface area contributed by atoms with Gasteiger partial charge in [-0.15, -0.1) is 0 Å². The van der Waals surface area contributed by atoms with Crippen molar-refractivity contribution in [1.82, 2.24) is 9.37 Å². The maximum Gasteiger partial charge on any atom is 0.264 e. The zero-order valence-corrected chi connectivity index (χ0v) is 15.8. The van der Waals surface area contributed by atoms with E-state index in [1.165, 1.54) is 26.3 Å². The summed E-state index contributed by atoms with van der Waals surface area (Å²) in [5, 5.41) is 0. The third-order valence-corrected chi connectivity index (χ3v) is 6.20. The lowest BCUT2D eigenvalue weighted by Gasteiger charge is -2.28. The van der Waals surface area contributed by atoms with Crippen molar-refractivity contribution in [3.63, 3.8) is 0 Å². The van der Waals surface area contributed by atoms with Gasteiger partial charge in [-0.05, 0) is 50.1 Å². The number of sulfonamides is 1. The molecule has 2 aromatic rings. The molecule has 1 aromatic carbocycles. The van der Waals surface area contributed by atoms with E-state index in [2.05, 4.69) is 0 Å². The number of carbonyl (C=O) groups is 1. The predicted octanol–water partition coefficient (Wildman–Crippen LogP) is 2.83. The van der Waals surface area contributed by atoms with Gasteiger partial charge in [0.05, 0.1) is 24.3 Å². The SMILES string of the molecule is CON(C)S(=O)(=O)c1cccc(C(=O)N(C2CC2)[C@@H](C)c2ccco2)c1. The molecule has 0 spiro atoms. The third kappa shape index (κ3) is 3.53. The molecular formula is C18H22N2O5S. The van der Waals surface area contributed by atoms with E-state index in [0.717, 1.165) is 17.3 Å². The second kappa shape index (κ2) is 7.22. The molecule has 0 unspecified atom stereocenters. The summed E-state index contributed by atoms with van der Waals surface area (Å²) >= 11 is 0. The smallest absolute Gasteiger partial charge is 0.264 e. The molecule has 1 aliphatic carbocycles. The average Bonchev–Trinajstić information content (AvgIpc) is 3.32. The quantitative estimate of drug-likeness (QED) is 0.692. The van der Waals surface area contributed by atoms with Crippen LogP contribution in [-0.4, -0.2) is 43.9 Å². The maximum absolute atomic E-state index is 13.1. The molecule has 7 nitrogen and oxygen atoms in total. The number of amides is 1. The van der Waals surface area contributed by atoms with Crippen molar-refractivity contribution in [2.75, 3.05) is 14.2 Å². The fourth-order valence-electron chi connectivity index (χ4n) is 2.86. The predicted molar refractivity (Wildman–Crippen MR) is 94.7 cm³/mol. The second-order valence-electron chi connectivity index (χ2n) is 6.26. The summed E-state index contributed by atoms with van der Waals surface area (Å²) in [5.74, 6) is 0.488. The van der Waals surface area contributed by atoms with Gasteiger partial charge in [-0.2, -0.15) is 0 Å². The summed E-state index contributed by atoms with van der Waals surface area (Å²) in [6.07, 6.45) is 3.44. The Labute approximate surface area is 153 Å². The minimum Gasteiger partial charge on any atom is -0.467 e. The van der Waals surface area contributed by atoms with Crippen LogP contribution in [0.5, 0.6) is 0 Å². The summed E-state index contributed by atoms with van der Waals surface area (Å²) in [4.78, 5) is 19.7. The van der Waals surface area contributed by atoms with Gasteiger partial charge in [0.25, 0.3) is 15.9 Å². The Bertz CT molecular complexity index is 875. The van der Waals surface area contributed by atoms with Crippen LogP contribution in [0.1, 0.15) is 41.9 Å². The van der Waals surface area contributed by atoms with Crippen LogP contribution < -0.4 is 0 Å². The Morgan fingerprint density at radius 3 is 2.58 bits per heavy atom. The van der Waals surface area contributed by atoms with Crippen molar-refractivity contribution in [1.29, 1.82) is 0 Å². The molecule has 0 bridgehead atoms. The van der Waals surface area contributed by atoms with E-state index in [-0.39, 0.29) is 22.9 Å². The molecule has 1 atom stereocenters. The highest BCUT2D eigenvalue weighted by Crippen LogP contribution is 2.36. The van der Waals surface area contributed by atoms with Crippen molar-refractivity contribution in [3.8, 4) is 0 Å². The van der Waals surface area contributed by atoms with E-state index in [0.29, 0.717) is 11.3 Å². The highest BCUT2D eigenvalue weighted by Gasteiger charge is 2.38. The van der Waals surface area contributed by atoms with Crippen LogP contribution >= 0.6 is 0 Å². The summed E-state index contributed by atoms with van der Waals surface area (Å²) in [7, 11) is -1.24. The van der Waals surface area contributed by atoms with Crippen LogP contribution in [0.2, 0.25) is 0 Å². The molecule has 0 N–H and O–H groups in total. The van der Waals surface area contributed by atoms with Crippen LogP contribution in [0.3, 0.4) is 0 Å². The van der Waals surface area contributed by atoms with Gasteiger partial charge in [0, 0.05) is 18.7 Å². The first kappa shape index (κ1) is 18.6. The maximum atomic E-state index is 13.1. The number of hydrogen-bond donors (Lipinski definition) is 0. The molecule has 3 rings (SSSR count). The molecule has 1 saturated carbocycles. The Morgan fingerprint density at radius 1 is 1.27 bits per heavy atom. The first-order chi connectivity index (χ1) is 12.4. The van der Waals surface area contributed by atoms with Gasteiger partial charge in [0.15, 0.2) is 0 Å². The lowest BCUT2D eigenvalue weighted by Crippen LogP contribution is -2.35. The number of benzene rings is 1. The Hall–Kier alpha value is -2.16. The number of hydrogen-bond acceptors (Lipinski definition) is 5. The Kier molecular flexibility index (Phi) is 5.17. The van der Waals surface area contributed by atoms with Crippen molar-refractivity contribution in [2.45, 2.75) is 36.7 Å². The molecule has 8 heteroatoms. The van der Waals surface area contributed by atoms with Crippen molar-refractivity contribution in [2.24, 2.45) is 0 Å². The van der Waals surface area contributed by atoms with Crippen LogP contribution in [-0.2, 0) is 14.9 Å². The lowest BCUT2D eigenvalue weighted by molar-refractivity contribution is -0.0258. The lowest BCUT2D eigenvalue weighted by atomic mass is 10.1. The first-order valence-corrected chi connectivity index (χ1v) is 9.79. The molecule has 1 fully saturated rings. The van der Waals surface area contributed by atoms with Crippen LogP contribution in [0.4, 0.5) is 0 Å². The summed E-state index contributed by atoms with van der Waals surface area (Å²) in [6, 6.07) is 9.55. The third-order valence-electron chi connectivity index (χ3n) is 4.52. The molecule has 1 aromatic heterocycles. The normalized spacial score (nSPS) is 15.8. The first-order valence-electron chi connectivity index (χ1n) is 8.35. The highest BCUT2D eigenvalue weighted by molar-refractivity contribution is 7.89. The largest absolute Gasteiger partial charge is 0.467 e. The molecule has 1 amide bonds. The van der Waals surface area contributed by atoms with E-state index in [4.69, 9.17) is 9.25 Å². The zero-order chi connectivity index (χ0) is 18.9. The van der Waals surface area contributed by atoms with Gasteiger partial charge in [0.2, 0.25) is 0 Å². The van der Waals surface area contributed by atoms with Crippen LogP contribution in [0.15, 0.2) is 52.0 Å². The van der Waals surface area contributed by atoms with Gasteiger partial charge in [-0.25, -0.2) is 8.42 Å². The number of carbonyl (C=O) groups excluding carboxylic acids is 1. The summed E-state index contributed by atoms with van der Waals surface area (Å²) in [5.41, 5.74) is 0.320. The topological polar surface area (TPSA) is 80.1 Å². The summed E-state index contributed by atoms with van der Waals surface area (Å²) in [6.45, 7) is 1.91. The number of nitrogens with zero attached hydrogens (tertiary/aromatic N) is 2. The summed E-state index contributed by atoms with van der Waals surface area (Å²) < 4.78 is 31.1. The minimum absolute atomic E-state index is 0.00842. The van der Waals surface area contributed by atoms with Gasteiger partial charge in [0.1, 0.15) is 5.76 Å². The molecule has 26 heavy (non-hydrogen) atoms. The van der Waals surface area contributed by atoms with Crippen LogP contribution in [0, 0.1) is 0 Å². The molecule has 1 heterocycles. The fraction of sp³-hybridized carbons (Fsp3) is 0.389. The van der Waals surface area contributed by atoms with E-state index in [9.17, 15) is 13.2 Å². The number of furan rings is 1. The van der Waals surface area contributed by atoms with E-state index in [1.54, 1.807) is 29.4 Å². The van der Waals surface area contributed by atoms with Gasteiger partial charge < -0.3 is 9.32 Å². The Balaban J connectivity index is 1.92. The van der Waals surface area contributed by atoms with Crippen molar-refractivity contribution in [3.05, 3.63) is 54.0 Å². The molecule has 0 radical (unpaired) electrons. The van der Waals surface area contributed by atoms with Crippen molar-refractivity contribution < 1.29 is 22.5 Å². The number of hydroxylamine groups is 1. The molecule has 0 saturated heterocycles. The number of rotatable bonds is 7. The molecule has 0 aliphatic heterocycles. The minimum atomic E-state index is -3.82. The van der Waals surface area contributed by atoms with E-state index < -0.39 is 10.0 Å². The standard InChI is InChI=1S/C18H22N2O5S/c1-13(17-8-5-11-25-17)20(15-9-10-15)18(21)14-6-4-7-16(12-14)26(22,23)19(2)24-3/h4-8,11-13,15H,9-10H2,1-3H3/t13-/m0/s1.